The van der Waals surface area contributed by atoms with Crippen molar-refractivity contribution in [2.24, 2.45) is 0 Å². The maximum atomic E-state index is 5.58. The first-order valence-electron chi connectivity index (χ1n) is 6.12. The summed E-state index contributed by atoms with van der Waals surface area (Å²) in [4.78, 5) is 0. The Morgan fingerprint density at radius 2 is 2.06 bits per heavy atom. The highest BCUT2D eigenvalue weighted by atomic mass is 16.5. The summed E-state index contributed by atoms with van der Waals surface area (Å²) in [6, 6.07) is 4.08. The molecule has 0 atom stereocenters. The van der Waals surface area contributed by atoms with Crippen molar-refractivity contribution < 1.29 is 9.15 Å². The topological polar surface area (TPSA) is 34.4 Å². The second kappa shape index (κ2) is 7.47. The second-order valence-electron chi connectivity index (χ2n) is 4.17. The van der Waals surface area contributed by atoms with Crippen LogP contribution in [0, 0.1) is 0 Å². The number of hydrogen-bond donors (Lipinski definition) is 1. The van der Waals surface area contributed by atoms with Crippen molar-refractivity contribution in [2.45, 2.75) is 46.3 Å². The Balaban J connectivity index is 2.02. The van der Waals surface area contributed by atoms with E-state index in [1.54, 1.807) is 0 Å². The van der Waals surface area contributed by atoms with Crippen molar-refractivity contribution in [2.75, 3.05) is 13.2 Å². The minimum absolute atomic E-state index is 0.331. The van der Waals surface area contributed by atoms with Gasteiger partial charge < -0.3 is 14.5 Å². The summed E-state index contributed by atoms with van der Waals surface area (Å²) in [5, 5.41) is 3.34. The average molecular weight is 225 g/mol. The number of rotatable bonds is 8. The molecule has 0 saturated heterocycles. The van der Waals surface area contributed by atoms with E-state index in [0.29, 0.717) is 6.10 Å². The number of ether oxygens (including phenoxy) is 1. The van der Waals surface area contributed by atoms with Gasteiger partial charge in [0.2, 0.25) is 0 Å². The Kier molecular flexibility index (Phi) is 6.19. The summed E-state index contributed by atoms with van der Waals surface area (Å²) in [5.74, 6) is 2.07. The van der Waals surface area contributed by atoms with Crippen LogP contribution in [0.5, 0.6) is 0 Å². The highest BCUT2D eigenvalue weighted by molar-refractivity contribution is 5.06. The fraction of sp³-hybridized carbons (Fsp3) is 0.692. The molecule has 1 aromatic rings. The molecule has 16 heavy (non-hydrogen) atoms. The lowest BCUT2D eigenvalue weighted by atomic mass is 10.3. The van der Waals surface area contributed by atoms with Gasteiger partial charge in [0.05, 0.1) is 12.6 Å². The Morgan fingerprint density at radius 3 is 2.69 bits per heavy atom. The summed E-state index contributed by atoms with van der Waals surface area (Å²) in [6.07, 6.45) is 2.33. The van der Waals surface area contributed by atoms with Crippen LogP contribution in [-0.2, 0) is 17.7 Å². The van der Waals surface area contributed by atoms with Crippen LogP contribution in [0.4, 0.5) is 0 Å². The predicted molar refractivity (Wildman–Crippen MR) is 65.5 cm³/mol. The van der Waals surface area contributed by atoms with E-state index in [2.05, 4.69) is 26.1 Å². The first-order valence-corrected chi connectivity index (χ1v) is 6.12. The summed E-state index contributed by atoms with van der Waals surface area (Å²) in [7, 11) is 0. The normalized spacial score (nSPS) is 11.2. The van der Waals surface area contributed by atoms with Gasteiger partial charge in [0.1, 0.15) is 11.5 Å². The third-order valence-corrected chi connectivity index (χ3v) is 2.31. The fourth-order valence-corrected chi connectivity index (χ4v) is 1.44. The zero-order chi connectivity index (χ0) is 11.8. The molecule has 1 aromatic heterocycles. The van der Waals surface area contributed by atoms with Gasteiger partial charge in [-0.2, -0.15) is 0 Å². The summed E-state index contributed by atoms with van der Waals surface area (Å²) in [5.41, 5.74) is 0. The smallest absolute Gasteiger partial charge is 0.117 e. The van der Waals surface area contributed by atoms with E-state index in [-0.39, 0.29) is 0 Å². The first-order chi connectivity index (χ1) is 7.72. The first kappa shape index (κ1) is 13.3. The van der Waals surface area contributed by atoms with Crippen LogP contribution in [0.3, 0.4) is 0 Å². The number of furan rings is 1. The molecule has 0 aromatic carbocycles. The molecule has 0 bridgehead atoms. The second-order valence-corrected chi connectivity index (χ2v) is 4.17. The monoisotopic (exact) mass is 225 g/mol. The molecule has 3 heteroatoms. The van der Waals surface area contributed by atoms with E-state index in [1.807, 2.05) is 12.1 Å². The molecule has 0 fully saturated rings. The van der Waals surface area contributed by atoms with Gasteiger partial charge in [0.15, 0.2) is 0 Å². The van der Waals surface area contributed by atoms with E-state index in [9.17, 15) is 0 Å². The molecule has 1 heterocycles. The maximum absolute atomic E-state index is 5.58. The number of nitrogens with one attached hydrogen (secondary N) is 1. The molecule has 0 spiro atoms. The Morgan fingerprint density at radius 1 is 1.31 bits per heavy atom. The Labute approximate surface area is 98.2 Å². The van der Waals surface area contributed by atoms with E-state index < -0.39 is 0 Å². The van der Waals surface area contributed by atoms with Gasteiger partial charge in [-0.1, -0.05) is 6.92 Å². The zero-order valence-electron chi connectivity index (χ0n) is 10.6. The largest absolute Gasteiger partial charge is 0.465 e. The fourth-order valence-electron chi connectivity index (χ4n) is 1.44. The molecule has 1 N–H and O–H groups in total. The van der Waals surface area contributed by atoms with Gasteiger partial charge >= 0.3 is 0 Å². The highest BCUT2D eigenvalue weighted by Gasteiger charge is 1.99. The molecule has 0 aliphatic rings. The Hall–Kier alpha value is -0.800. The van der Waals surface area contributed by atoms with Crippen molar-refractivity contribution in [1.82, 2.24) is 5.32 Å². The molecule has 1 rings (SSSR count). The lowest BCUT2D eigenvalue weighted by Gasteiger charge is -2.07. The molecule has 0 aliphatic carbocycles. The summed E-state index contributed by atoms with van der Waals surface area (Å²) in [6.45, 7) is 8.81. The van der Waals surface area contributed by atoms with E-state index in [0.717, 1.165) is 44.1 Å². The van der Waals surface area contributed by atoms with E-state index in [4.69, 9.17) is 9.15 Å². The third-order valence-electron chi connectivity index (χ3n) is 2.31. The summed E-state index contributed by atoms with van der Waals surface area (Å²) >= 11 is 0. The van der Waals surface area contributed by atoms with Gasteiger partial charge in [-0.05, 0) is 38.9 Å². The zero-order valence-corrected chi connectivity index (χ0v) is 10.6. The minimum Gasteiger partial charge on any atom is -0.465 e. The molecule has 0 aliphatic heterocycles. The van der Waals surface area contributed by atoms with Crippen molar-refractivity contribution in [3.63, 3.8) is 0 Å². The quantitative estimate of drug-likeness (QED) is 0.691. The van der Waals surface area contributed by atoms with E-state index >= 15 is 0 Å². The van der Waals surface area contributed by atoms with Gasteiger partial charge in [0, 0.05) is 13.0 Å². The van der Waals surface area contributed by atoms with Crippen LogP contribution in [0.1, 0.15) is 38.7 Å². The number of hydrogen-bond acceptors (Lipinski definition) is 3. The van der Waals surface area contributed by atoms with Crippen molar-refractivity contribution >= 4 is 0 Å². The van der Waals surface area contributed by atoms with Crippen LogP contribution < -0.4 is 5.32 Å². The van der Waals surface area contributed by atoms with Crippen LogP contribution in [0.2, 0.25) is 0 Å². The van der Waals surface area contributed by atoms with Crippen molar-refractivity contribution in [1.29, 1.82) is 0 Å². The molecule has 0 saturated carbocycles. The van der Waals surface area contributed by atoms with E-state index in [1.165, 1.54) is 0 Å². The lowest BCUT2D eigenvalue weighted by Crippen LogP contribution is -2.17. The highest BCUT2D eigenvalue weighted by Crippen LogP contribution is 2.07. The predicted octanol–water partition coefficient (Wildman–Crippen LogP) is 2.75. The maximum Gasteiger partial charge on any atom is 0.117 e. The molecular weight excluding hydrogens is 202 g/mol. The molecule has 3 nitrogen and oxygen atoms in total. The van der Waals surface area contributed by atoms with Crippen LogP contribution >= 0.6 is 0 Å². The van der Waals surface area contributed by atoms with Gasteiger partial charge in [0.25, 0.3) is 0 Å². The minimum atomic E-state index is 0.331. The van der Waals surface area contributed by atoms with Crippen molar-refractivity contribution in [3.8, 4) is 0 Å². The Bertz CT molecular complexity index is 281. The van der Waals surface area contributed by atoms with Crippen LogP contribution in [0.25, 0.3) is 0 Å². The SMILES string of the molecule is CCc1ccc(CNCCCOC(C)C)o1. The molecule has 0 amide bonds. The average Bonchev–Trinajstić information content (AvgIpc) is 2.70. The molecular formula is C13H23NO2. The van der Waals surface area contributed by atoms with Crippen LogP contribution in [0.15, 0.2) is 16.5 Å². The number of aryl methyl sites for hydroxylation is 1. The third kappa shape index (κ3) is 5.33. The standard InChI is InChI=1S/C13H23NO2/c1-4-12-6-7-13(16-12)10-14-8-5-9-15-11(2)3/h6-7,11,14H,4-5,8-10H2,1-3H3. The molecule has 0 unspecified atom stereocenters. The van der Waals surface area contributed by atoms with Crippen molar-refractivity contribution in [3.05, 3.63) is 23.7 Å². The summed E-state index contributed by atoms with van der Waals surface area (Å²) < 4.78 is 11.0. The molecule has 92 valence electrons. The van der Waals surface area contributed by atoms with Gasteiger partial charge in [-0.15, -0.1) is 0 Å². The van der Waals surface area contributed by atoms with Gasteiger partial charge in [-0.3, -0.25) is 0 Å². The van der Waals surface area contributed by atoms with Crippen LogP contribution in [-0.4, -0.2) is 19.3 Å². The molecule has 0 radical (unpaired) electrons. The van der Waals surface area contributed by atoms with Gasteiger partial charge in [-0.25, -0.2) is 0 Å². The lowest BCUT2D eigenvalue weighted by molar-refractivity contribution is 0.0770.